The molecule has 0 radical (unpaired) electrons. The van der Waals surface area contributed by atoms with Crippen LogP contribution in [0.25, 0.3) is 0 Å². The summed E-state index contributed by atoms with van der Waals surface area (Å²) in [6, 6.07) is 7.52. The zero-order chi connectivity index (χ0) is 17.1. The van der Waals surface area contributed by atoms with Crippen LogP contribution in [0.5, 0.6) is 0 Å². The zero-order valence-corrected chi connectivity index (χ0v) is 15.8. The highest BCUT2D eigenvalue weighted by atomic mass is 79.9. The Morgan fingerprint density at radius 3 is 2.17 bits per heavy atom. The Morgan fingerprint density at radius 2 is 1.54 bits per heavy atom. The number of nitrogens with zero attached hydrogens (tertiary/aromatic N) is 2. The molecule has 0 unspecified atom stereocenters. The number of likely N-dealkylation sites (tertiary alicyclic amines) is 2. The lowest BCUT2D eigenvalue weighted by atomic mass is 9.92. The van der Waals surface area contributed by atoms with Crippen molar-refractivity contribution in [3.8, 4) is 0 Å². The largest absolute Gasteiger partial charge is 0.342 e. The lowest BCUT2D eigenvalue weighted by molar-refractivity contribution is -0.138. The van der Waals surface area contributed by atoms with Crippen LogP contribution in [-0.4, -0.2) is 47.8 Å². The van der Waals surface area contributed by atoms with Crippen LogP contribution < -0.4 is 0 Å². The van der Waals surface area contributed by atoms with E-state index in [0.717, 1.165) is 49.2 Å². The molecule has 24 heavy (non-hydrogen) atoms. The summed E-state index contributed by atoms with van der Waals surface area (Å²) in [7, 11) is 0. The minimum atomic E-state index is 0.0557. The smallest absolute Gasteiger partial charge is 0.254 e. The molecule has 130 valence electrons. The number of rotatable bonds is 2. The van der Waals surface area contributed by atoms with Crippen LogP contribution >= 0.6 is 15.9 Å². The van der Waals surface area contributed by atoms with Crippen molar-refractivity contribution in [2.45, 2.75) is 32.6 Å². The molecule has 2 saturated heterocycles. The number of piperidine rings is 2. The molecular formula is C19H25BrN2O2. The van der Waals surface area contributed by atoms with E-state index in [0.29, 0.717) is 24.6 Å². The van der Waals surface area contributed by atoms with Gasteiger partial charge >= 0.3 is 0 Å². The Hall–Kier alpha value is -1.36. The summed E-state index contributed by atoms with van der Waals surface area (Å²) < 4.78 is 0.829. The van der Waals surface area contributed by atoms with Gasteiger partial charge in [0, 0.05) is 36.6 Å². The van der Waals surface area contributed by atoms with E-state index >= 15 is 0 Å². The van der Waals surface area contributed by atoms with E-state index in [2.05, 4.69) is 22.9 Å². The van der Waals surface area contributed by atoms with E-state index < -0.39 is 0 Å². The SMILES string of the molecule is CC1CCN(C(=O)C2CCN(C(=O)c3ccccc3Br)CC2)CC1. The Labute approximate surface area is 152 Å². The second kappa shape index (κ2) is 7.68. The van der Waals surface area contributed by atoms with Crippen molar-refractivity contribution in [2.24, 2.45) is 11.8 Å². The fourth-order valence-electron chi connectivity index (χ4n) is 3.62. The van der Waals surface area contributed by atoms with Crippen molar-refractivity contribution in [1.29, 1.82) is 0 Å². The number of amides is 2. The second-order valence-corrected chi connectivity index (χ2v) is 7.91. The highest BCUT2D eigenvalue weighted by Gasteiger charge is 2.32. The average molecular weight is 393 g/mol. The molecule has 0 N–H and O–H groups in total. The van der Waals surface area contributed by atoms with E-state index in [9.17, 15) is 9.59 Å². The Morgan fingerprint density at radius 1 is 0.958 bits per heavy atom. The predicted octanol–water partition coefficient (Wildman–Crippen LogP) is 3.56. The van der Waals surface area contributed by atoms with Crippen LogP contribution in [0.4, 0.5) is 0 Å². The molecule has 0 aromatic heterocycles. The number of carbonyl (C=O) groups excluding carboxylic acids is 2. The highest BCUT2D eigenvalue weighted by Crippen LogP contribution is 2.25. The Kier molecular flexibility index (Phi) is 5.59. The number of benzene rings is 1. The van der Waals surface area contributed by atoms with Gasteiger partial charge in [0.15, 0.2) is 0 Å². The maximum Gasteiger partial charge on any atom is 0.254 e. The summed E-state index contributed by atoms with van der Waals surface area (Å²) in [4.78, 5) is 29.2. The van der Waals surface area contributed by atoms with Crippen molar-refractivity contribution < 1.29 is 9.59 Å². The maximum absolute atomic E-state index is 12.7. The van der Waals surface area contributed by atoms with E-state index in [1.54, 1.807) is 0 Å². The van der Waals surface area contributed by atoms with Gasteiger partial charge in [0.05, 0.1) is 5.56 Å². The molecule has 2 fully saturated rings. The summed E-state index contributed by atoms with van der Waals surface area (Å²) >= 11 is 3.45. The fourth-order valence-corrected chi connectivity index (χ4v) is 4.08. The summed E-state index contributed by atoms with van der Waals surface area (Å²) in [5, 5.41) is 0. The van der Waals surface area contributed by atoms with Crippen LogP contribution in [0.2, 0.25) is 0 Å². The average Bonchev–Trinajstić information content (AvgIpc) is 2.62. The molecule has 0 saturated carbocycles. The van der Waals surface area contributed by atoms with Crippen molar-refractivity contribution in [3.63, 3.8) is 0 Å². The van der Waals surface area contributed by atoms with E-state index in [1.165, 1.54) is 0 Å². The highest BCUT2D eigenvalue weighted by molar-refractivity contribution is 9.10. The quantitative estimate of drug-likeness (QED) is 0.771. The van der Waals surface area contributed by atoms with Gasteiger partial charge in [-0.25, -0.2) is 0 Å². The van der Waals surface area contributed by atoms with Crippen molar-refractivity contribution >= 4 is 27.7 Å². The molecule has 1 aromatic rings. The molecule has 2 aliphatic heterocycles. The summed E-state index contributed by atoms with van der Waals surface area (Å²) in [5.41, 5.74) is 0.701. The van der Waals surface area contributed by atoms with E-state index in [-0.39, 0.29) is 11.8 Å². The van der Waals surface area contributed by atoms with Gasteiger partial charge in [-0.1, -0.05) is 19.1 Å². The molecule has 2 heterocycles. The van der Waals surface area contributed by atoms with Crippen LogP contribution in [0.15, 0.2) is 28.7 Å². The van der Waals surface area contributed by atoms with Crippen LogP contribution in [0, 0.1) is 11.8 Å². The minimum absolute atomic E-state index is 0.0557. The van der Waals surface area contributed by atoms with E-state index in [1.807, 2.05) is 34.1 Å². The third-order valence-electron chi connectivity index (χ3n) is 5.33. The van der Waals surface area contributed by atoms with Gasteiger partial charge in [0.25, 0.3) is 5.91 Å². The van der Waals surface area contributed by atoms with Gasteiger partial charge in [0.1, 0.15) is 0 Å². The standard InChI is InChI=1S/C19H25BrN2O2/c1-14-6-10-21(11-7-14)18(23)15-8-12-22(13-9-15)19(24)16-4-2-3-5-17(16)20/h2-5,14-15H,6-13H2,1H3. The first kappa shape index (κ1) is 17.5. The number of carbonyl (C=O) groups is 2. The Balaban J connectivity index is 1.55. The molecule has 0 atom stereocenters. The molecule has 1 aromatic carbocycles. The molecule has 4 nitrogen and oxygen atoms in total. The van der Waals surface area contributed by atoms with Crippen LogP contribution in [0.3, 0.4) is 0 Å². The van der Waals surface area contributed by atoms with Crippen LogP contribution in [-0.2, 0) is 4.79 Å². The summed E-state index contributed by atoms with van der Waals surface area (Å²) in [6.07, 6.45) is 3.79. The minimum Gasteiger partial charge on any atom is -0.342 e. The first-order chi connectivity index (χ1) is 11.6. The molecule has 5 heteroatoms. The molecule has 0 spiro atoms. The second-order valence-electron chi connectivity index (χ2n) is 7.05. The van der Waals surface area contributed by atoms with Gasteiger partial charge in [-0.15, -0.1) is 0 Å². The zero-order valence-electron chi connectivity index (χ0n) is 14.2. The van der Waals surface area contributed by atoms with Crippen molar-refractivity contribution in [2.75, 3.05) is 26.2 Å². The number of hydrogen-bond donors (Lipinski definition) is 0. The predicted molar refractivity (Wildman–Crippen MR) is 97.7 cm³/mol. The maximum atomic E-state index is 12.7. The van der Waals surface area contributed by atoms with Crippen molar-refractivity contribution in [3.05, 3.63) is 34.3 Å². The fraction of sp³-hybridized carbons (Fsp3) is 0.579. The van der Waals surface area contributed by atoms with Gasteiger partial charge in [-0.05, 0) is 59.7 Å². The monoisotopic (exact) mass is 392 g/mol. The van der Waals surface area contributed by atoms with Gasteiger partial charge in [-0.3, -0.25) is 9.59 Å². The Bertz CT molecular complexity index is 603. The van der Waals surface area contributed by atoms with Crippen molar-refractivity contribution in [1.82, 2.24) is 9.80 Å². The molecule has 2 aliphatic rings. The van der Waals surface area contributed by atoms with Gasteiger partial charge in [-0.2, -0.15) is 0 Å². The van der Waals surface area contributed by atoms with Crippen LogP contribution in [0.1, 0.15) is 43.0 Å². The number of hydrogen-bond acceptors (Lipinski definition) is 2. The van der Waals surface area contributed by atoms with Gasteiger partial charge < -0.3 is 9.80 Å². The molecule has 3 rings (SSSR count). The van der Waals surface area contributed by atoms with Gasteiger partial charge in [0.2, 0.25) is 5.91 Å². The third-order valence-corrected chi connectivity index (χ3v) is 6.02. The lowest BCUT2D eigenvalue weighted by Gasteiger charge is -2.36. The lowest BCUT2D eigenvalue weighted by Crippen LogP contribution is -2.46. The summed E-state index contributed by atoms with van der Waals surface area (Å²) in [6.45, 7) is 5.39. The number of halogens is 1. The first-order valence-electron chi connectivity index (χ1n) is 8.89. The molecule has 2 amide bonds. The molecule has 0 bridgehead atoms. The van der Waals surface area contributed by atoms with E-state index in [4.69, 9.17) is 0 Å². The molecule has 0 aliphatic carbocycles. The third kappa shape index (κ3) is 3.82. The summed E-state index contributed by atoms with van der Waals surface area (Å²) in [5.74, 6) is 1.18. The first-order valence-corrected chi connectivity index (χ1v) is 9.68. The topological polar surface area (TPSA) is 40.6 Å². The normalized spacial score (nSPS) is 20.2. The molecular weight excluding hydrogens is 368 g/mol.